The van der Waals surface area contributed by atoms with Gasteiger partial charge in [0.25, 0.3) is 0 Å². The van der Waals surface area contributed by atoms with Crippen LogP contribution in [0.25, 0.3) is 0 Å². The predicted octanol–water partition coefficient (Wildman–Crippen LogP) is 2.93. The summed E-state index contributed by atoms with van der Waals surface area (Å²) in [6.07, 6.45) is 0. The molecule has 0 radical (unpaired) electrons. The van der Waals surface area contributed by atoms with E-state index >= 15 is 0 Å². The molecule has 0 aromatic carbocycles. The van der Waals surface area contributed by atoms with E-state index in [1.54, 1.807) is 23.5 Å². The maximum absolute atomic E-state index is 7.92. The van der Waals surface area contributed by atoms with Crippen LogP contribution in [0.5, 0.6) is 0 Å². The van der Waals surface area contributed by atoms with E-state index in [0.717, 1.165) is 72.2 Å². The molecule has 4 N–H and O–H groups in total. The van der Waals surface area contributed by atoms with Crippen molar-refractivity contribution in [2.24, 2.45) is 0 Å². The average Bonchev–Trinajstić information content (AvgIpc) is 3.30. The Labute approximate surface area is 182 Å². The summed E-state index contributed by atoms with van der Waals surface area (Å²) in [6, 6.07) is 8.13. The van der Waals surface area contributed by atoms with Gasteiger partial charge in [-0.25, -0.2) is 0 Å². The first kappa shape index (κ1) is 23.7. The molecule has 0 unspecified atom stereocenters. The van der Waals surface area contributed by atoms with E-state index in [4.69, 9.17) is 14.2 Å². The quantitative estimate of drug-likeness (QED) is 0.203. The lowest BCUT2D eigenvalue weighted by molar-refractivity contribution is 0.344. The number of hydrogen-bond donors (Lipinski definition) is 4. The van der Waals surface area contributed by atoms with E-state index in [-0.39, 0.29) is 0 Å². The highest BCUT2D eigenvalue weighted by Crippen LogP contribution is 2.16. The van der Waals surface area contributed by atoms with Gasteiger partial charge in [-0.1, -0.05) is 0 Å². The number of guanidine groups is 1. The number of hydrogen-bond acceptors (Lipinski definition) is 7. The summed E-state index contributed by atoms with van der Waals surface area (Å²) < 4.78 is 11.5. The van der Waals surface area contributed by atoms with Crippen LogP contribution in [0.2, 0.25) is 0 Å². The summed E-state index contributed by atoms with van der Waals surface area (Å²) in [4.78, 5) is 2.09. The summed E-state index contributed by atoms with van der Waals surface area (Å²) in [6.45, 7) is 3.10. The monoisotopic (exact) mass is 439 g/mol. The molecule has 0 fully saturated rings. The van der Waals surface area contributed by atoms with Crippen LogP contribution in [0, 0.1) is 5.41 Å². The number of nitrogens with one attached hydrogen (secondary N) is 4. The minimum atomic E-state index is 0.381. The minimum absolute atomic E-state index is 0.381. The van der Waals surface area contributed by atoms with Gasteiger partial charge in [-0.05, 0) is 45.4 Å². The highest BCUT2D eigenvalue weighted by atomic mass is 32.2. The van der Waals surface area contributed by atoms with Crippen LogP contribution in [0.15, 0.2) is 33.1 Å². The van der Waals surface area contributed by atoms with Crippen LogP contribution in [0.4, 0.5) is 0 Å². The van der Waals surface area contributed by atoms with Crippen LogP contribution < -0.4 is 16.0 Å². The first-order valence-corrected chi connectivity index (χ1v) is 12.0. The van der Waals surface area contributed by atoms with Crippen molar-refractivity contribution in [1.29, 1.82) is 5.41 Å². The van der Waals surface area contributed by atoms with E-state index in [1.807, 2.05) is 45.4 Å². The van der Waals surface area contributed by atoms with Gasteiger partial charge in [0.2, 0.25) is 0 Å². The van der Waals surface area contributed by atoms with Crippen molar-refractivity contribution in [1.82, 2.24) is 20.9 Å². The van der Waals surface area contributed by atoms with Gasteiger partial charge in [0.05, 0.1) is 24.6 Å². The molecule has 29 heavy (non-hydrogen) atoms. The largest absolute Gasteiger partial charge is 0.464 e. The van der Waals surface area contributed by atoms with Crippen molar-refractivity contribution in [2.45, 2.75) is 24.6 Å². The molecular formula is C20H33N5O2S2. The van der Waals surface area contributed by atoms with Crippen molar-refractivity contribution in [3.8, 4) is 0 Å². The molecule has 2 aromatic heterocycles. The lowest BCUT2D eigenvalue weighted by Gasteiger charge is -2.09. The van der Waals surface area contributed by atoms with Crippen LogP contribution in [-0.2, 0) is 24.6 Å². The first-order chi connectivity index (χ1) is 14.1. The minimum Gasteiger partial charge on any atom is -0.464 e. The molecule has 0 atom stereocenters. The normalized spacial score (nSPS) is 11.2. The maximum Gasteiger partial charge on any atom is 0.188 e. The fraction of sp³-hybridized carbons (Fsp3) is 0.550. The molecule has 7 nitrogen and oxygen atoms in total. The molecule has 2 rings (SSSR count). The van der Waals surface area contributed by atoms with E-state index in [2.05, 4.69) is 20.9 Å². The SMILES string of the molecule is CNCc1ccc(CSCCNC(=N)NCCSCc2ccc(CN(C)C)o2)o1. The molecule has 0 amide bonds. The molecule has 0 bridgehead atoms. The Morgan fingerprint density at radius 1 is 0.897 bits per heavy atom. The number of rotatable bonds is 14. The lowest BCUT2D eigenvalue weighted by Crippen LogP contribution is -2.38. The van der Waals surface area contributed by atoms with E-state index in [1.165, 1.54) is 0 Å². The van der Waals surface area contributed by atoms with Crippen molar-refractivity contribution in [3.63, 3.8) is 0 Å². The summed E-state index contributed by atoms with van der Waals surface area (Å²) in [5.41, 5.74) is 0. The Kier molecular flexibility index (Phi) is 11.2. The molecule has 0 aliphatic carbocycles. The number of nitrogens with zero attached hydrogens (tertiary/aromatic N) is 1. The van der Waals surface area contributed by atoms with Gasteiger partial charge in [0.15, 0.2) is 5.96 Å². The molecule has 0 aliphatic heterocycles. The second-order valence-corrected chi connectivity index (χ2v) is 9.05. The smallest absolute Gasteiger partial charge is 0.188 e. The Morgan fingerprint density at radius 2 is 1.41 bits per heavy atom. The van der Waals surface area contributed by atoms with Crippen LogP contribution in [-0.4, -0.2) is 56.6 Å². The van der Waals surface area contributed by atoms with Gasteiger partial charge < -0.3 is 29.7 Å². The Morgan fingerprint density at radius 3 is 1.97 bits per heavy atom. The molecular weight excluding hydrogens is 406 g/mol. The van der Waals surface area contributed by atoms with Gasteiger partial charge in [0, 0.05) is 24.6 Å². The first-order valence-electron chi connectivity index (χ1n) is 9.73. The van der Waals surface area contributed by atoms with Gasteiger partial charge >= 0.3 is 0 Å². The molecule has 0 saturated heterocycles. The Bertz CT molecular complexity index is 717. The van der Waals surface area contributed by atoms with Gasteiger partial charge in [-0.2, -0.15) is 23.5 Å². The van der Waals surface area contributed by atoms with Crippen molar-refractivity contribution < 1.29 is 8.83 Å². The number of thioether (sulfide) groups is 2. The van der Waals surface area contributed by atoms with Crippen LogP contribution >= 0.6 is 23.5 Å². The highest BCUT2D eigenvalue weighted by Gasteiger charge is 2.04. The topological polar surface area (TPSA) is 89.5 Å². The Balaban J connectivity index is 1.45. The molecule has 0 saturated carbocycles. The van der Waals surface area contributed by atoms with Crippen LogP contribution in [0.3, 0.4) is 0 Å². The van der Waals surface area contributed by atoms with E-state index < -0.39 is 0 Å². The highest BCUT2D eigenvalue weighted by molar-refractivity contribution is 7.98. The molecule has 0 spiro atoms. The van der Waals surface area contributed by atoms with E-state index in [9.17, 15) is 0 Å². The van der Waals surface area contributed by atoms with Crippen molar-refractivity contribution >= 4 is 29.5 Å². The third-order valence-corrected chi connectivity index (χ3v) is 5.81. The zero-order valence-electron chi connectivity index (χ0n) is 17.5. The molecule has 0 aliphatic rings. The van der Waals surface area contributed by atoms with Gasteiger partial charge in [-0.3, -0.25) is 5.41 Å². The van der Waals surface area contributed by atoms with Gasteiger partial charge in [0.1, 0.15) is 23.0 Å². The van der Waals surface area contributed by atoms with Crippen molar-refractivity contribution in [2.75, 3.05) is 45.7 Å². The average molecular weight is 440 g/mol. The van der Waals surface area contributed by atoms with Crippen molar-refractivity contribution in [3.05, 3.63) is 47.3 Å². The third kappa shape index (κ3) is 10.2. The fourth-order valence-electron chi connectivity index (χ4n) is 2.57. The third-order valence-electron chi connectivity index (χ3n) is 3.84. The molecule has 2 aromatic rings. The molecule has 2 heterocycles. The van der Waals surface area contributed by atoms with Crippen LogP contribution in [0.1, 0.15) is 23.0 Å². The summed E-state index contributed by atoms with van der Waals surface area (Å²) in [5, 5.41) is 17.2. The lowest BCUT2D eigenvalue weighted by atomic mass is 10.4. The summed E-state index contributed by atoms with van der Waals surface area (Å²) >= 11 is 3.60. The molecule has 9 heteroatoms. The Hall–Kier alpha value is -1.55. The fourth-order valence-corrected chi connectivity index (χ4v) is 4.06. The number of furan rings is 2. The van der Waals surface area contributed by atoms with E-state index in [0.29, 0.717) is 5.96 Å². The zero-order chi connectivity index (χ0) is 20.9. The second-order valence-electron chi connectivity index (χ2n) is 6.84. The summed E-state index contributed by atoms with van der Waals surface area (Å²) in [7, 11) is 5.97. The van der Waals surface area contributed by atoms with Gasteiger partial charge in [-0.15, -0.1) is 0 Å². The zero-order valence-corrected chi connectivity index (χ0v) is 19.2. The second kappa shape index (κ2) is 13.6. The molecule has 162 valence electrons. The maximum atomic E-state index is 7.92. The predicted molar refractivity (Wildman–Crippen MR) is 124 cm³/mol. The standard InChI is InChI=1S/C20H33N5O2S2/c1-22-12-16-4-6-18(26-16)14-28-10-8-23-20(21)24-9-11-29-15-19-7-5-17(27-19)13-25(2)3/h4-7,22H,8-15H2,1-3H3,(H3,21,23,24). The summed E-state index contributed by atoms with van der Waals surface area (Å²) in [5.74, 6) is 7.91.